The molecule has 0 bridgehead atoms. The lowest BCUT2D eigenvalue weighted by Gasteiger charge is -2.13. The van der Waals surface area contributed by atoms with Crippen LogP contribution in [-0.2, 0) is 30.1 Å². The first-order chi connectivity index (χ1) is 17.2. The Labute approximate surface area is 209 Å². The van der Waals surface area contributed by atoms with Crippen molar-refractivity contribution in [1.29, 1.82) is 0 Å². The topological polar surface area (TPSA) is 93.1 Å². The summed E-state index contributed by atoms with van der Waals surface area (Å²) in [4.78, 5) is 12.4. The van der Waals surface area contributed by atoms with Gasteiger partial charge in [-0.1, -0.05) is 25.5 Å². The zero-order chi connectivity index (χ0) is 25.1. The number of methoxy groups -OCH3 is 1. The van der Waals surface area contributed by atoms with Gasteiger partial charge in [-0.15, -0.1) is 0 Å². The van der Waals surface area contributed by atoms with E-state index < -0.39 is 0 Å². The SMILES string of the molecule is CCCc1cnn(C(C)c2ccc(C(=O)NCCOCCOCCOCCOCCOC)cc2)c1. The van der Waals surface area contributed by atoms with E-state index >= 15 is 0 Å². The number of carbonyl (C=O) groups is 1. The van der Waals surface area contributed by atoms with E-state index in [0.717, 1.165) is 18.4 Å². The van der Waals surface area contributed by atoms with Crippen LogP contribution in [0, 0.1) is 0 Å². The van der Waals surface area contributed by atoms with E-state index in [2.05, 4.69) is 30.5 Å². The van der Waals surface area contributed by atoms with Crippen LogP contribution in [0.15, 0.2) is 36.7 Å². The number of ether oxygens (including phenoxy) is 5. The lowest BCUT2D eigenvalue weighted by molar-refractivity contribution is -0.00745. The van der Waals surface area contributed by atoms with Crippen LogP contribution in [-0.4, -0.2) is 88.8 Å². The largest absolute Gasteiger partial charge is 0.382 e. The molecule has 1 amide bonds. The van der Waals surface area contributed by atoms with Crippen molar-refractivity contribution in [2.24, 2.45) is 0 Å². The first kappa shape index (κ1) is 28.9. The molecular weight excluding hydrogens is 450 g/mol. The highest BCUT2D eigenvalue weighted by Gasteiger charge is 2.11. The lowest BCUT2D eigenvalue weighted by atomic mass is 10.1. The van der Waals surface area contributed by atoms with Gasteiger partial charge in [-0.25, -0.2) is 0 Å². The summed E-state index contributed by atoms with van der Waals surface area (Å²) < 4.78 is 28.5. The van der Waals surface area contributed by atoms with E-state index in [1.807, 2.05) is 35.1 Å². The second-order valence-corrected chi connectivity index (χ2v) is 8.07. The maximum atomic E-state index is 12.4. The van der Waals surface area contributed by atoms with Gasteiger partial charge >= 0.3 is 0 Å². The van der Waals surface area contributed by atoms with Gasteiger partial charge in [-0.05, 0) is 36.6 Å². The summed E-state index contributed by atoms with van der Waals surface area (Å²) in [6.07, 6.45) is 6.15. The Kier molecular flexibility index (Phi) is 14.9. The van der Waals surface area contributed by atoms with Gasteiger partial charge in [0.25, 0.3) is 5.91 Å². The van der Waals surface area contributed by atoms with Gasteiger partial charge in [0.05, 0.1) is 71.7 Å². The van der Waals surface area contributed by atoms with Crippen LogP contribution >= 0.6 is 0 Å². The summed E-state index contributed by atoms with van der Waals surface area (Å²) in [5.74, 6) is -0.114. The van der Waals surface area contributed by atoms with Crippen molar-refractivity contribution >= 4 is 5.91 Å². The molecule has 0 saturated carbocycles. The number of aryl methyl sites for hydroxylation is 1. The van der Waals surface area contributed by atoms with Crippen LogP contribution in [0.2, 0.25) is 0 Å². The zero-order valence-corrected chi connectivity index (χ0v) is 21.4. The van der Waals surface area contributed by atoms with E-state index in [-0.39, 0.29) is 11.9 Å². The van der Waals surface area contributed by atoms with Crippen molar-refractivity contribution < 1.29 is 28.5 Å². The average Bonchev–Trinajstić information content (AvgIpc) is 3.35. The number of rotatable bonds is 20. The molecule has 0 aliphatic heterocycles. The zero-order valence-electron chi connectivity index (χ0n) is 21.4. The van der Waals surface area contributed by atoms with Crippen molar-refractivity contribution in [3.05, 3.63) is 53.3 Å². The van der Waals surface area contributed by atoms with Crippen LogP contribution in [0.25, 0.3) is 0 Å². The number of carbonyl (C=O) groups excluding carboxylic acids is 1. The lowest BCUT2D eigenvalue weighted by Crippen LogP contribution is -2.27. The van der Waals surface area contributed by atoms with Crippen LogP contribution in [0.1, 0.15) is 47.8 Å². The fourth-order valence-electron chi connectivity index (χ4n) is 3.32. The van der Waals surface area contributed by atoms with Gasteiger partial charge < -0.3 is 29.0 Å². The Hall–Kier alpha value is -2.30. The molecule has 1 aromatic heterocycles. The van der Waals surface area contributed by atoms with Crippen LogP contribution < -0.4 is 5.32 Å². The normalized spacial score (nSPS) is 12.1. The number of benzene rings is 1. The quantitative estimate of drug-likeness (QED) is 0.285. The predicted molar refractivity (Wildman–Crippen MR) is 134 cm³/mol. The first-order valence-corrected chi connectivity index (χ1v) is 12.4. The molecule has 1 unspecified atom stereocenters. The van der Waals surface area contributed by atoms with Gasteiger partial charge in [0.15, 0.2) is 0 Å². The van der Waals surface area contributed by atoms with Gasteiger partial charge in [0, 0.05) is 25.4 Å². The first-order valence-electron chi connectivity index (χ1n) is 12.4. The van der Waals surface area contributed by atoms with Crippen molar-refractivity contribution in [2.45, 2.75) is 32.7 Å². The molecule has 0 fully saturated rings. The summed E-state index contributed by atoms with van der Waals surface area (Å²) in [7, 11) is 1.64. The number of nitrogens with zero attached hydrogens (tertiary/aromatic N) is 2. The third-order valence-corrected chi connectivity index (χ3v) is 5.33. The molecule has 1 heterocycles. The highest BCUT2D eigenvalue weighted by molar-refractivity contribution is 5.94. The number of aromatic nitrogens is 2. The highest BCUT2D eigenvalue weighted by Crippen LogP contribution is 2.18. The smallest absolute Gasteiger partial charge is 0.251 e. The Bertz CT molecular complexity index is 812. The number of amides is 1. The maximum Gasteiger partial charge on any atom is 0.251 e. The average molecular weight is 492 g/mol. The van der Waals surface area contributed by atoms with Gasteiger partial charge in [0.1, 0.15) is 0 Å². The van der Waals surface area contributed by atoms with Crippen LogP contribution in [0.4, 0.5) is 0 Å². The van der Waals surface area contributed by atoms with E-state index in [1.165, 1.54) is 5.56 Å². The number of nitrogens with one attached hydrogen (secondary N) is 1. The van der Waals surface area contributed by atoms with E-state index in [0.29, 0.717) is 71.6 Å². The van der Waals surface area contributed by atoms with E-state index in [4.69, 9.17) is 23.7 Å². The highest BCUT2D eigenvalue weighted by atomic mass is 16.6. The minimum atomic E-state index is -0.114. The summed E-state index contributed by atoms with van der Waals surface area (Å²) in [5.41, 5.74) is 2.98. The third kappa shape index (κ3) is 11.8. The Balaban J connectivity index is 1.50. The van der Waals surface area contributed by atoms with Crippen molar-refractivity contribution in [3.8, 4) is 0 Å². The fourth-order valence-corrected chi connectivity index (χ4v) is 3.32. The molecule has 1 N–H and O–H groups in total. The molecule has 196 valence electrons. The summed E-state index contributed by atoms with van der Waals surface area (Å²) >= 11 is 0. The molecule has 1 atom stereocenters. The minimum Gasteiger partial charge on any atom is -0.382 e. The molecule has 0 aliphatic carbocycles. The molecule has 0 radical (unpaired) electrons. The van der Waals surface area contributed by atoms with Crippen molar-refractivity contribution in [3.63, 3.8) is 0 Å². The second-order valence-electron chi connectivity index (χ2n) is 8.07. The summed E-state index contributed by atoms with van der Waals surface area (Å²) in [6.45, 7) is 9.36. The Morgan fingerprint density at radius 1 is 0.914 bits per heavy atom. The van der Waals surface area contributed by atoms with Gasteiger partial charge in [0.2, 0.25) is 0 Å². The molecule has 9 heteroatoms. The third-order valence-electron chi connectivity index (χ3n) is 5.33. The monoisotopic (exact) mass is 491 g/mol. The molecule has 0 aliphatic rings. The molecule has 0 saturated heterocycles. The molecule has 2 rings (SSSR count). The number of hydrogen-bond donors (Lipinski definition) is 1. The minimum absolute atomic E-state index is 0.111. The van der Waals surface area contributed by atoms with Crippen LogP contribution in [0.5, 0.6) is 0 Å². The maximum absolute atomic E-state index is 12.4. The second kappa shape index (κ2) is 18.0. The van der Waals surface area contributed by atoms with Crippen molar-refractivity contribution in [2.75, 3.05) is 73.1 Å². The summed E-state index contributed by atoms with van der Waals surface area (Å²) in [5, 5.41) is 7.35. The molecule has 2 aromatic rings. The van der Waals surface area contributed by atoms with E-state index in [1.54, 1.807) is 7.11 Å². The molecule has 9 nitrogen and oxygen atoms in total. The predicted octanol–water partition coefficient (Wildman–Crippen LogP) is 2.89. The van der Waals surface area contributed by atoms with Gasteiger partial charge in [-0.2, -0.15) is 5.10 Å². The molecule has 35 heavy (non-hydrogen) atoms. The van der Waals surface area contributed by atoms with Crippen molar-refractivity contribution in [1.82, 2.24) is 15.1 Å². The Morgan fingerprint density at radius 3 is 2.06 bits per heavy atom. The molecule has 1 aromatic carbocycles. The summed E-state index contributed by atoms with van der Waals surface area (Å²) in [6, 6.07) is 7.76. The van der Waals surface area contributed by atoms with Gasteiger partial charge in [-0.3, -0.25) is 9.48 Å². The number of hydrogen-bond acceptors (Lipinski definition) is 7. The molecular formula is C26H41N3O6. The standard InChI is InChI=1S/C26H41N3O6/c1-4-5-23-20-28-29(21-23)22(2)24-6-8-25(9-7-24)26(30)27-10-11-32-14-15-34-18-19-35-17-16-33-13-12-31-3/h6-9,20-22H,4-5,10-19H2,1-3H3,(H,27,30). The Morgan fingerprint density at radius 2 is 1.49 bits per heavy atom. The van der Waals surface area contributed by atoms with Crippen LogP contribution in [0.3, 0.4) is 0 Å². The fraction of sp³-hybridized carbons (Fsp3) is 0.615. The van der Waals surface area contributed by atoms with E-state index in [9.17, 15) is 4.79 Å². The molecule has 0 spiro atoms.